The highest BCUT2D eigenvalue weighted by molar-refractivity contribution is 5.68. The number of morpholine rings is 1. The largest absolute Gasteiger partial charge is 0.444 e. The molecule has 0 aromatic carbocycles. The monoisotopic (exact) mass is 231 g/mol. The smallest absolute Gasteiger partial charge is 0.410 e. The molecule has 0 aromatic heterocycles. The van der Waals surface area contributed by atoms with E-state index in [-0.39, 0.29) is 24.9 Å². The Balaban J connectivity index is 2.55. The molecule has 1 saturated heterocycles. The number of aliphatic hydroxyl groups excluding tert-OH is 1. The third kappa shape index (κ3) is 3.98. The number of nitrogens with zero attached hydrogens (tertiary/aromatic N) is 1. The van der Waals surface area contributed by atoms with E-state index in [1.807, 2.05) is 27.7 Å². The highest BCUT2D eigenvalue weighted by Crippen LogP contribution is 2.15. The fourth-order valence-electron chi connectivity index (χ4n) is 1.62. The lowest BCUT2D eigenvalue weighted by atomic mass is 10.2. The Morgan fingerprint density at radius 1 is 1.50 bits per heavy atom. The molecular formula is C11H21NO4. The van der Waals surface area contributed by atoms with Gasteiger partial charge in [-0.25, -0.2) is 4.79 Å². The van der Waals surface area contributed by atoms with Crippen LogP contribution >= 0.6 is 0 Å². The first kappa shape index (κ1) is 13.3. The van der Waals surface area contributed by atoms with E-state index in [1.165, 1.54) is 0 Å². The Morgan fingerprint density at radius 3 is 2.62 bits per heavy atom. The first-order valence-electron chi connectivity index (χ1n) is 5.56. The van der Waals surface area contributed by atoms with Gasteiger partial charge in [-0.15, -0.1) is 0 Å². The summed E-state index contributed by atoms with van der Waals surface area (Å²) < 4.78 is 10.7. The van der Waals surface area contributed by atoms with E-state index in [0.29, 0.717) is 13.1 Å². The van der Waals surface area contributed by atoms with Crippen LogP contribution in [-0.2, 0) is 9.47 Å². The van der Waals surface area contributed by atoms with Gasteiger partial charge in [0.2, 0.25) is 0 Å². The topological polar surface area (TPSA) is 59.0 Å². The second-order valence-corrected chi connectivity index (χ2v) is 5.14. The normalized spacial score (nSPS) is 26.7. The van der Waals surface area contributed by atoms with Crippen LogP contribution in [0.1, 0.15) is 27.7 Å². The number of hydrogen-bond donors (Lipinski definition) is 1. The van der Waals surface area contributed by atoms with E-state index in [9.17, 15) is 4.79 Å². The van der Waals surface area contributed by atoms with Gasteiger partial charge in [0.1, 0.15) is 5.60 Å². The molecule has 1 heterocycles. The Bertz CT molecular complexity index is 249. The van der Waals surface area contributed by atoms with Crippen LogP contribution < -0.4 is 0 Å². The zero-order valence-corrected chi connectivity index (χ0v) is 10.4. The number of carbonyl (C=O) groups is 1. The maximum atomic E-state index is 11.8. The molecule has 1 amide bonds. The van der Waals surface area contributed by atoms with Crippen LogP contribution in [0.15, 0.2) is 0 Å². The van der Waals surface area contributed by atoms with Crippen molar-refractivity contribution in [3.8, 4) is 0 Å². The number of amides is 1. The maximum Gasteiger partial charge on any atom is 0.410 e. The molecule has 16 heavy (non-hydrogen) atoms. The Morgan fingerprint density at radius 2 is 2.12 bits per heavy atom. The summed E-state index contributed by atoms with van der Waals surface area (Å²) in [6.07, 6.45) is -0.726. The van der Waals surface area contributed by atoms with Gasteiger partial charge in [0.15, 0.2) is 0 Å². The molecule has 0 radical (unpaired) electrons. The summed E-state index contributed by atoms with van der Waals surface area (Å²) in [4.78, 5) is 13.4. The summed E-state index contributed by atoms with van der Waals surface area (Å²) in [5.41, 5.74) is -0.493. The van der Waals surface area contributed by atoms with Crippen LogP contribution in [-0.4, -0.2) is 53.6 Å². The van der Waals surface area contributed by atoms with Gasteiger partial charge in [-0.05, 0) is 27.7 Å². The van der Waals surface area contributed by atoms with E-state index in [2.05, 4.69) is 0 Å². The van der Waals surface area contributed by atoms with Crippen molar-refractivity contribution in [3.63, 3.8) is 0 Å². The Labute approximate surface area is 96.3 Å². The van der Waals surface area contributed by atoms with E-state index in [1.54, 1.807) is 4.90 Å². The third-order valence-corrected chi connectivity index (χ3v) is 2.18. The Hall–Kier alpha value is -0.810. The molecule has 0 aromatic rings. The Kier molecular flexibility index (Phi) is 4.15. The average Bonchev–Trinajstić information content (AvgIpc) is 2.14. The van der Waals surface area contributed by atoms with Crippen molar-refractivity contribution in [1.82, 2.24) is 4.90 Å². The van der Waals surface area contributed by atoms with E-state index >= 15 is 0 Å². The molecule has 0 bridgehead atoms. The highest BCUT2D eigenvalue weighted by Gasteiger charge is 2.30. The number of hydrogen-bond acceptors (Lipinski definition) is 4. The SMILES string of the molecule is CC1CN(C(=O)OC(C)(C)C)C[C@H](CO)O1. The summed E-state index contributed by atoms with van der Waals surface area (Å²) >= 11 is 0. The quantitative estimate of drug-likeness (QED) is 0.731. The van der Waals surface area contributed by atoms with Crippen molar-refractivity contribution in [3.05, 3.63) is 0 Å². The summed E-state index contributed by atoms with van der Waals surface area (Å²) in [7, 11) is 0. The molecule has 0 aliphatic carbocycles. The summed E-state index contributed by atoms with van der Waals surface area (Å²) in [5, 5.41) is 9.04. The van der Waals surface area contributed by atoms with Gasteiger partial charge in [0.05, 0.1) is 31.9 Å². The summed E-state index contributed by atoms with van der Waals surface area (Å²) in [5.74, 6) is 0. The summed E-state index contributed by atoms with van der Waals surface area (Å²) in [6.45, 7) is 8.18. The lowest BCUT2D eigenvalue weighted by molar-refractivity contribution is -0.0956. The second-order valence-electron chi connectivity index (χ2n) is 5.14. The van der Waals surface area contributed by atoms with Crippen molar-refractivity contribution >= 4 is 6.09 Å². The van der Waals surface area contributed by atoms with Crippen molar-refractivity contribution in [2.75, 3.05) is 19.7 Å². The number of carbonyl (C=O) groups excluding carboxylic acids is 1. The minimum atomic E-state index is -0.493. The highest BCUT2D eigenvalue weighted by atomic mass is 16.6. The molecule has 1 aliphatic heterocycles. The first-order chi connectivity index (χ1) is 7.31. The number of rotatable bonds is 1. The number of ether oxygens (including phenoxy) is 2. The molecule has 2 atom stereocenters. The molecule has 1 aliphatic rings. The van der Waals surface area contributed by atoms with Gasteiger partial charge in [0, 0.05) is 0 Å². The zero-order chi connectivity index (χ0) is 12.3. The van der Waals surface area contributed by atoms with Crippen LogP contribution in [0.3, 0.4) is 0 Å². The van der Waals surface area contributed by atoms with E-state index in [0.717, 1.165) is 0 Å². The molecule has 0 spiro atoms. The average molecular weight is 231 g/mol. The molecule has 5 nitrogen and oxygen atoms in total. The fourth-order valence-corrected chi connectivity index (χ4v) is 1.62. The van der Waals surface area contributed by atoms with Crippen molar-refractivity contribution < 1.29 is 19.4 Å². The molecule has 1 unspecified atom stereocenters. The van der Waals surface area contributed by atoms with Gasteiger partial charge >= 0.3 is 6.09 Å². The fraction of sp³-hybridized carbons (Fsp3) is 0.909. The van der Waals surface area contributed by atoms with Gasteiger partial charge < -0.3 is 19.5 Å². The minimum absolute atomic E-state index is 0.0709. The van der Waals surface area contributed by atoms with Crippen LogP contribution in [0.4, 0.5) is 4.79 Å². The van der Waals surface area contributed by atoms with Gasteiger partial charge in [0.25, 0.3) is 0 Å². The minimum Gasteiger partial charge on any atom is -0.444 e. The van der Waals surface area contributed by atoms with Crippen molar-refractivity contribution in [2.45, 2.75) is 45.5 Å². The van der Waals surface area contributed by atoms with Crippen molar-refractivity contribution in [2.24, 2.45) is 0 Å². The maximum absolute atomic E-state index is 11.8. The molecule has 0 saturated carbocycles. The van der Waals surface area contributed by atoms with Gasteiger partial charge in [-0.1, -0.05) is 0 Å². The predicted octanol–water partition coefficient (Wildman–Crippen LogP) is 1.00. The van der Waals surface area contributed by atoms with E-state index < -0.39 is 5.60 Å². The second kappa shape index (κ2) is 5.01. The molecule has 1 N–H and O–H groups in total. The van der Waals surface area contributed by atoms with Crippen LogP contribution in [0, 0.1) is 0 Å². The molecule has 5 heteroatoms. The molecule has 94 valence electrons. The number of aliphatic hydroxyl groups is 1. The third-order valence-electron chi connectivity index (χ3n) is 2.18. The molecule has 1 rings (SSSR count). The first-order valence-corrected chi connectivity index (χ1v) is 5.56. The van der Waals surface area contributed by atoms with Gasteiger partial charge in [-0.2, -0.15) is 0 Å². The van der Waals surface area contributed by atoms with Crippen LogP contribution in [0.25, 0.3) is 0 Å². The lowest BCUT2D eigenvalue weighted by Crippen LogP contribution is -2.51. The molecule has 1 fully saturated rings. The standard InChI is InChI=1S/C11H21NO4/c1-8-5-12(6-9(7-13)15-8)10(14)16-11(2,3)4/h8-9,13H,5-7H2,1-4H3/t8?,9-/m1/s1. The van der Waals surface area contributed by atoms with Crippen LogP contribution in [0.2, 0.25) is 0 Å². The zero-order valence-electron chi connectivity index (χ0n) is 10.4. The van der Waals surface area contributed by atoms with Crippen LogP contribution in [0.5, 0.6) is 0 Å². The summed E-state index contributed by atoms with van der Waals surface area (Å²) in [6, 6.07) is 0. The van der Waals surface area contributed by atoms with Crippen molar-refractivity contribution in [1.29, 1.82) is 0 Å². The van der Waals surface area contributed by atoms with Gasteiger partial charge in [-0.3, -0.25) is 0 Å². The lowest BCUT2D eigenvalue weighted by Gasteiger charge is -2.36. The van der Waals surface area contributed by atoms with E-state index in [4.69, 9.17) is 14.6 Å². The molecular weight excluding hydrogens is 210 g/mol. The predicted molar refractivity (Wildman–Crippen MR) is 59.2 cm³/mol.